The Hall–Kier alpha value is -1.00. The number of nitrogens with one attached hydrogen (secondary N) is 1. The first-order chi connectivity index (χ1) is 8.43. The van der Waals surface area contributed by atoms with Crippen molar-refractivity contribution >= 4 is 0 Å². The Morgan fingerprint density at radius 3 is 2.72 bits per heavy atom. The van der Waals surface area contributed by atoms with Gasteiger partial charge in [-0.25, -0.2) is 8.78 Å². The molecule has 0 aromatic heterocycles. The topological polar surface area (TPSA) is 15.3 Å². The van der Waals surface area contributed by atoms with Crippen molar-refractivity contribution < 1.29 is 8.78 Å². The van der Waals surface area contributed by atoms with Crippen molar-refractivity contribution in [1.29, 1.82) is 0 Å². The average molecular weight is 254 g/mol. The maximum absolute atomic E-state index is 13.8. The van der Waals surface area contributed by atoms with Crippen LogP contribution in [0.25, 0.3) is 0 Å². The lowest BCUT2D eigenvalue weighted by molar-refractivity contribution is 0.0500. The van der Waals surface area contributed by atoms with Crippen LogP contribution in [-0.4, -0.2) is 30.1 Å². The smallest absolute Gasteiger partial charge is 0.163 e. The summed E-state index contributed by atoms with van der Waals surface area (Å²) >= 11 is 0. The Morgan fingerprint density at radius 1 is 1.33 bits per heavy atom. The molecule has 1 aliphatic rings. The number of nitrogens with zero attached hydrogens (tertiary/aromatic N) is 1. The third-order valence-electron chi connectivity index (χ3n) is 3.76. The van der Waals surface area contributed by atoms with Gasteiger partial charge >= 0.3 is 0 Å². The molecular formula is C14H20F2N2. The molecule has 18 heavy (non-hydrogen) atoms. The highest BCUT2D eigenvalue weighted by atomic mass is 19.2. The van der Waals surface area contributed by atoms with Crippen LogP contribution < -0.4 is 5.32 Å². The molecule has 0 radical (unpaired) electrons. The fourth-order valence-corrected chi connectivity index (χ4v) is 2.73. The average Bonchev–Trinajstić information content (AvgIpc) is 2.31. The minimum Gasteiger partial charge on any atom is -0.314 e. The van der Waals surface area contributed by atoms with E-state index in [9.17, 15) is 8.78 Å². The van der Waals surface area contributed by atoms with Crippen LogP contribution in [0.4, 0.5) is 8.78 Å². The molecule has 1 N–H and O–H groups in total. The minimum atomic E-state index is -0.771. The zero-order valence-corrected chi connectivity index (χ0v) is 11.1. The first kappa shape index (κ1) is 13.4. The lowest BCUT2D eigenvalue weighted by atomic mass is 9.95. The highest BCUT2D eigenvalue weighted by Crippen LogP contribution is 2.30. The Balaban J connectivity index is 2.30. The summed E-state index contributed by atoms with van der Waals surface area (Å²) < 4.78 is 27.1. The van der Waals surface area contributed by atoms with Gasteiger partial charge in [-0.1, -0.05) is 12.1 Å². The standard InChI is InChI=1S/C14H20F2N2/c1-10(11-5-4-6-12(15)13(11)16)18-8-7-17-9-14(18,2)3/h4-6,10,17H,7-9H2,1-3H3. The van der Waals surface area contributed by atoms with Crippen LogP contribution in [0.5, 0.6) is 0 Å². The van der Waals surface area contributed by atoms with Crippen molar-refractivity contribution in [2.75, 3.05) is 19.6 Å². The van der Waals surface area contributed by atoms with Gasteiger partial charge < -0.3 is 5.32 Å². The molecule has 100 valence electrons. The van der Waals surface area contributed by atoms with E-state index in [1.54, 1.807) is 12.1 Å². The molecule has 1 heterocycles. The molecule has 0 bridgehead atoms. The molecule has 1 fully saturated rings. The summed E-state index contributed by atoms with van der Waals surface area (Å²) in [6.07, 6.45) is 0. The van der Waals surface area contributed by atoms with Gasteiger partial charge in [0.25, 0.3) is 0 Å². The lowest BCUT2D eigenvalue weighted by Gasteiger charge is -2.46. The Labute approximate surface area is 107 Å². The van der Waals surface area contributed by atoms with Gasteiger partial charge in [0, 0.05) is 36.8 Å². The second-order valence-corrected chi connectivity index (χ2v) is 5.50. The van der Waals surface area contributed by atoms with Crippen LogP contribution in [0.2, 0.25) is 0 Å². The van der Waals surface area contributed by atoms with Crippen LogP contribution in [0.1, 0.15) is 32.4 Å². The quantitative estimate of drug-likeness (QED) is 0.873. The van der Waals surface area contributed by atoms with Gasteiger partial charge in [0.1, 0.15) is 0 Å². The molecule has 1 atom stereocenters. The SMILES string of the molecule is CC(c1cccc(F)c1F)N1CCNCC1(C)C. The molecule has 1 unspecified atom stereocenters. The molecule has 2 rings (SSSR count). The highest BCUT2D eigenvalue weighted by Gasteiger charge is 2.34. The van der Waals surface area contributed by atoms with E-state index in [4.69, 9.17) is 0 Å². The molecule has 0 saturated carbocycles. The summed E-state index contributed by atoms with van der Waals surface area (Å²) in [7, 11) is 0. The summed E-state index contributed by atoms with van der Waals surface area (Å²) in [5, 5.41) is 3.33. The maximum atomic E-state index is 13.8. The Morgan fingerprint density at radius 2 is 2.06 bits per heavy atom. The first-order valence-corrected chi connectivity index (χ1v) is 6.35. The maximum Gasteiger partial charge on any atom is 0.163 e. The fraction of sp³-hybridized carbons (Fsp3) is 0.571. The van der Waals surface area contributed by atoms with Crippen molar-refractivity contribution in [3.8, 4) is 0 Å². The molecule has 0 spiro atoms. The zero-order chi connectivity index (χ0) is 13.3. The van der Waals surface area contributed by atoms with E-state index in [0.29, 0.717) is 5.56 Å². The van der Waals surface area contributed by atoms with Crippen molar-refractivity contribution in [2.24, 2.45) is 0 Å². The monoisotopic (exact) mass is 254 g/mol. The number of halogens is 2. The van der Waals surface area contributed by atoms with Crippen LogP contribution in [0.15, 0.2) is 18.2 Å². The second kappa shape index (κ2) is 4.94. The van der Waals surface area contributed by atoms with E-state index in [0.717, 1.165) is 25.7 Å². The van der Waals surface area contributed by atoms with Gasteiger partial charge in [0.05, 0.1) is 0 Å². The zero-order valence-electron chi connectivity index (χ0n) is 11.1. The molecular weight excluding hydrogens is 234 g/mol. The molecule has 1 aliphatic heterocycles. The van der Waals surface area contributed by atoms with E-state index in [2.05, 4.69) is 24.1 Å². The van der Waals surface area contributed by atoms with Crippen molar-refractivity contribution in [2.45, 2.75) is 32.4 Å². The molecule has 0 aliphatic carbocycles. The number of benzene rings is 1. The summed E-state index contributed by atoms with van der Waals surface area (Å²) in [4.78, 5) is 2.22. The third kappa shape index (κ3) is 2.40. The van der Waals surface area contributed by atoms with Gasteiger partial charge in [-0.3, -0.25) is 4.90 Å². The molecule has 1 saturated heterocycles. The lowest BCUT2D eigenvalue weighted by Crippen LogP contribution is -2.58. The second-order valence-electron chi connectivity index (χ2n) is 5.50. The summed E-state index contributed by atoms with van der Waals surface area (Å²) in [6, 6.07) is 4.27. The first-order valence-electron chi connectivity index (χ1n) is 6.35. The van der Waals surface area contributed by atoms with Crippen molar-refractivity contribution in [1.82, 2.24) is 10.2 Å². The molecule has 4 heteroatoms. The van der Waals surface area contributed by atoms with Crippen LogP contribution in [-0.2, 0) is 0 Å². The van der Waals surface area contributed by atoms with Gasteiger partial charge in [0.15, 0.2) is 11.6 Å². The molecule has 0 amide bonds. The number of piperazine rings is 1. The van der Waals surface area contributed by atoms with Gasteiger partial charge in [-0.05, 0) is 26.8 Å². The Kier molecular flexibility index (Phi) is 3.69. The van der Waals surface area contributed by atoms with Crippen molar-refractivity contribution in [3.05, 3.63) is 35.4 Å². The third-order valence-corrected chi connectivity index (χ3v) is 3.76. The number of hydrogen-bond donors (Lipinski definition) is 1. The minimum absolute atomic E-state index is 0.0591. The van der Waals surface area contributed by atoms with Gasteiger partial charge in [0.2, 0.25) is 0 Å². The van der Waals surface area contributed by atoms with Crippen LogP contribution in [0, 0.1) is 11.6 Å². The van der Waals surface area contributed by atoms with E-state index in [-0.39, 0.29) is 11.6 Å². The molecule has 1 aromatic rings. The van der Waals surface area contributed by atoms with Crippen LogP contribution in [0.3, 0.4) is 0 Å². The number of rotatable bonds is 2. The predicted octanol–water partition coefficient (Wildman–Crippen LogP) is 2.71. The van der Waals surface area contributed by atoms with Crippen LogP contribution >= 0.6 is 0 Å². The number of hydrogen-bond acceptors (Lipinski definition) is 2. The summed E-state index contributed by atoms with van der Waals surface area (Å²) in [5.74, 6) is -1.49. The Bertz CT molecular complexity index is 432. The largest absolute Gasteiger partial charge is 0.314 e. The van der Waals surface area contributed by atoms with Gasteiger partial charge in [-0.15, -0.1) is 0 Å². The van der Waals surface area contributed by atoms with Crippen molar-refractivity contribution in [3.63, 3.8) is 0 Å². The highest BCUT2D eigenvalue weighted by molar-refractivity contribution is 5.23. The predicted molar refractivity (Wildman–Crippen MR) is 68.4 cm³/mol. The van der Waals surface area contributed by atoms with E-state index in [1.165, 1.54) is 0 Å². The molecule has 1 aromatic carbocycles. The normalized spacial score (nSPS) is 21.8. The summed E-state index contributed by atoms with van der Waals surface area (Å²) in [5.41, 5.74) is 0.376. The van der Waals surface area contributed by atoms with E-state index in [1.807, 2.05) is 6.92 Å². The van der Waals surface area contributed by atoms with Gasteiger partial charge in [-0.2, -0.15) is 0 Å². The summed E-state index contributed by atoms with van der Waals surface area (Å²) in [6.45, 7) is 8.74. The molecule has 2 nitrogen and oxygen atoms in total. The van der Waals surface area contributed by atoms with E-state index >= 15 is 0 Å². The van der Waals surface area contributed by atoms with E-state index < -0.39 is 11.6 Å². The fourth-order valence-electron chi connectivity index (χ4n) is 2.73.